The summed E-state index contributed by atoms with van der Waals surface area (Å²) in [5.41, 5.74) is 1.63. The maximum absolute atomic E-state index is 13.0. The van der Waals surface area contributed by atoms with E-state index in [2.05, 4.69) is 20.6 Å². The molecule has 2 heterocycles. The Balaban J connectivity index is 1.66. The lowest BCUT2D eigenvalue weighted by atomic mass is 10.1. The van der Waals surface area contributed by atoms with Gasteiger partial charge in [-0.1, -0.05) is 19.1 Å². The Morgan fingerprint density at radius 2 is 1.89 bits per heavy atom. The van der Waals surface area contributed by atoms with Crippen LogP contribution in [-0.4, -0.2) is 26.3 Å². The van der Waals surface area contributed by atoms with Crippen molar-refractivity contribution in [3.8, 4) is 5.82 Å². The van der Waals surface area contributed by atoms with Crippen LogP contribution in [0.3, 0.4) is 0 Å². The Labute approximate surface area is 161 Å². The summed E-state index contributed by atoms with van der Waals surface area (Å²) >= 11 is 0. The second kappa shape index (κ2) is 8.43. The minimum Gasteiger partial charge on any atom is -0.344 e. The van der Waals surface area contributed by atoms with E-state index in [4.69, 9.17) is 0 Å². The molecule has 2 N–H and O–H groups in total. The number of carbonyl (C=O) groups excluding carboxylic acids is 2. The standard InChI is InChI=1S/C20H20FN5O2/c1-3-19(27)25-16-8-9-18(22-10-16)26-11-17(23-12-26)20(28)24-13(2)14-4-6-15(21)7-5-14/h4-13H,3H2,1-2H3,(H,24,28)(H,25,27)/t13-/m1/s1. The first-order chi connectivity index (χ1) is 13.5. The van der Waals surface area contributed by atoms with Gasteiger partial charge in [-0.05, 0) is 36.8 Å². The Morgan fingerprint density at radius 3 is 2.54 bits per heavy atom. The molecule has 0 aliphatic heterocycles. The van der Waals surface area contributed by atoms with E-state index in [1.807, 2.05) is 6.92 Å². The highest BCUT2D eigenvalue weighted by Crippen LogP contribution is 2.14. The van der Waals surface area contributed by atoms with E-state index < -0.39 is 0 Å². The molecule has 0 saturated carbocycles. The van der Waals surface area contributed by atoms with Gasteiger partial charge in [0.2, 0.25) is 5.91 Å². The third-order valence-corrected chi connectivity index (χ3v) is 4.15. The number of rotatable bonds is 6. The van der Waals surface area contributed by atoms with Gasteiger partial charge in [0, 0.05) is 12.6 Å². The van der Waals surface area contributed by atoms with Gasteiger partial charge in [-0.25, -0.2) is 14.4 Å². The summed E-state index contributed by atoms with van der Waals surface area (Å²) in [6, 6.07) is 9.11. The van der Waals surface area contributed by atoms with Crippen LogP contribution >= 0.6 is 0 Å². The number of benzene rings is 1. The number of nitrogens with zero attached hydrogens (tertiary/aromatic N) is 3. The monoisotopic (exact) mass is 381 g/mol. The molecule has 0 saturated heterocycles. The molecule has 28 heavy (non-hydrogen) atoms. The van der Waals surface area contributed by atoms with Crippen molar-refractivity contribution < 1.29 is 14.0 Å². The van der Waals surface area contributed by atoms with Crippen LogP contribution in [0.2, 0.25) is 0 Å². The van der Waals surface area contributed by atoms with Gasteiger partial charge >= 0.3 is 0 Å². The van der Waals surface area contributed by atoms with Gasteiger partial charge in [0.1, 0.15) is 23.7 Å². The summed E-state index contributed by atoms with van der Waals surface area (Å²) in [6.07, 6.45) is 4.99. The molecule has 1 atom stereocenters. The summed E-state index contributed by atoms with van der Waals surface area (Å²) in [5, 5.41) is 5.55. The van der Waals surface area contributed by atoms with Gasteiger partial charge in [0.05, 0.1) is 17.9 Å². The molecule has 144 valence electrons. The molecule has 0 fully saturated rings. The Morgan fingerprint density at radius 1 is 1.14 bits per heavy atom. The number of hydrogen-bond acceptors (Lipinski definition) is 4. The van der Waals surface area contributed by atoms with Crippen molar-refractivity contribution in [3.63, 3.8) is 0 Å². The first kappa shape index (κ1) is 19.2. The third kappa shape index (κ3) is 4.59. The van der Waals surface area contributed by atoms with Crippen LogP contribution in [0.4, 0.5) is 10.1 Å². The molecule has 2 aromatic heterocycles. The number of anilines is 1. The summed E-state index contributed by atoms with van der Waals surface area (Å²) in [7, 11) is 0. The molecule has 0 unspecified atom stereocenters. The number of carbonyl (C=O) groups is 2. The largest absolute Gasteiger partial charge is 0.344 e. The summed E-state index contributed by atoms with van der Waals surface area (Å²) in [5.74, 6) is -0.199. The zero-order valence-electron chi connectivity index (χ0n) is 15.5. The van der Waals surface area contributed by atoms with Crippen LogP contribution in [0.5, 0.6) is 0 Å². The number of halogens is 1. The number of amides is 2. The predicted octanol–water partition coefficient (Wildman–Crippen LogP) is 3.25. The topological polar surface area (TPSA) is 88.9 Å². The van der Waals surface area contributed by atoms with Crippen LogP contribution in [0.15, 0.2) is 55.1 Å². The van der Waals surface area contributed by atoms with Crippen LogP contribution in [0.1, 0.15) is 42.4 Å². The molecule has 8 heteroatoms. The molecule has 2 amide bonds. The predicted molar refractivity (Wildman–Crippen MR) is 103 cm³/mol. The van der Waals surface area contributed by atoms with E-state index in [9.17, 15) is 14.0 Å². The molecule has 0 bridgehead atoms. The molecule has 0 spiro atoms. The van der Waals surface area contributed by atoms with Crippen LogP contribution in [0, 0.1) is 5.82 Å². The molecule has 1 aromatic carbocycles. The van der Waals surface area contributed by atoms with Crippen molar-refractivity contribution in [1.82, 2.24) is 19.9 Å². The SMILES string of the molecule is CCC(=O)Nc1ccc(-n2cnc(C(=O)N[C@H](C)c3ccc(F)cc3)c2)nc1. The van der Waals surface area contributed by atoms with E-state index in [0.717, 1.165) is 5.56 Å². The third-order valence-electron chi connectivity index (χ3n) is 4.15. The van der Waals surface area contributed by atoms with Crippen molar-refractivity contribution in [2.45, 2.75) is 26.3 Å². The number of nitrogens with one attached hydrogen (secondary N) is 2. The highest BCUT2D eigenvalue weighted by Gasteiger charge is 2.14. The maximum Gasteiger partial charge on any atom is 0.271 e. The average Bonchev–Trinajstić information content (AvgIpc) is 3.19. The van der Waals surface area contributed by atoms with Crippen LogP contribution in [0.25, 0.3) is 5.82 Å². The first-order valence-electron chi connectivity index (χ1n) is 8.83. The van der Waals surface area contributed by atoms with E-state index in [1.54, 1.807) is 48.1 Å². The fraction of sp³-hybridized carbons (Fsp3) is 0.200. The van der Waals surface area contributed by atoms with E-state index >= 15 is 0 Å². The minimum atomic E-state index is -0.345. The molecular weight excluding hydrogens is 361 g/mol. The zero-order valence-corrected chi connectivity index (χ0v) is 15.5. The van der Waals surface area contributed by atoms with Gasteiger partial charge < -0.3 is 10.6 Å². The lowest BCUT2D eigenvalue weighted by Gasteiger charge is -2.13. The van der Waals surface area contributed by atoms with Gasteiger partial charge in [-0.15, -0.1) is 0 Å². The highest BCUT2D eigenvalue weighted by molar-refractivity contribution is 5.92. The molecular formula is C20H20FN5O2. The molecule has 0 aliphatic carbocycles. The molecule has 0 aliphatic rings. The highest BCUT2D eigenvalue weighted by atomic mass is 19.1. The van der Waals surface area contributed by atoms with Crippen molar-refractivity contribution >= 4 is 17.5 Å². The Bertz CT molecular complexity index is 967. The lowest BCUT2D eigenvalue weighted by Crippen LogP contribution is -2.26. The van der Waals surface area contributed by atoms with Crippen molar-refractivity contribution in [2.75, 3.05) is 5.32 Å². The summed E-state index contributed by atoms with van der Waals surface area (Å²) in [6.45, 7) is 3.58. The second-order valence-electron chi connectivity index (χ2n) is 6.22. The Hall–Kier alpha value is -3.55. The van der Waals surface area contributed by atoms with Gasteiger partial charge in [0.25, 0.3) is 5.91 Å². The first-order valence-corrected chi connectivity index (χ1v) is 8.83. The number of aromatic nitrogens is 3. The van der Waals surface area contributed by atoms with Crippen molar-refractivity contribution in [1.29, 1.82) is 0 Å². The van der Waals surface area contributed by atoms with E-state index in [-0.39, 0.29) is 29.4 Å². The fourth-order valence-corrected chi connectivity index (χ4v) is 2.53. The van der Waals surface area contributed by atoms with Crippen LogP contribution < -0.4 is 10.6 Å². The minimum absolute atomic E-state index is 0.0913. The second-order valence-corrected chi connectivity index (χ2v) is 6.22. The number of pyridine rings is 1. The van der Waals surface area contributed by atoms with E-state index in [1.165, 1.54) is 18.5 Å². The zero-order chi connectivity index (χ0) is 20.1. The maximum atomic E-state index is 13.0. The van der Waals surface area contributed by atoms with Gasteiger partial charge in [0.15, 0.2) is 0 Å². The average molecular weight is 381 g/mol. The smallest absolute Gasteiger partial charge is 0.271 e. The summed E-state index contributed by atoms with van der Waals surface area (Å²) < 4.78 is 14.6. The fourth-order valence-electron chi connectivity index (χ4n) is 2.53. The quantitative estimate of drug-likeness (QED) is 0.686. The van der Waals surface area contributed by atoms with Gasteiger partial charge in [-0.2, -0.15) is 0 Å². The molecule has 3 aromatic rings. The number of hydrogen-bond donors (Lipinski definition) is 2. The Kier molecular flexibility index (Phi) is 5.78. The van der Waals surface area contributed by atoms with Crippen molar-refractivity contribution in [2.24, 2.45) is 0 Å². The van der Waals surface area contributed by atoms with Gasteiger partial charge in [-0.3, -0.25) is 14.2 Å². The summed E-state index contributed by atoms with van der Waals surface area (Å²) in [4.78, 5) is 32.2. The van der Waals surface area contributed by atoms with E-state index in [0.29, 0.717) is 17.9 Å². The molecule has 7 nitrogen and oxygen atoms in total. The normalized spacial score (nSPS) is 11.7. The number of imidazole rings is 1. The lowest BCUT2D eigenvalue weighted by molar-refractivity contribution is -0.115. The van der Waals surface area contributed by atoms with Crippen molar-refractivity contribution in [3.05, 3.63) is 72.2 Å². The molecule has 0 radical (unpaired) electrons. The van der Waals surface area contributed by atoms with Crippen LogP contribution in [-0.2, 0) is 4.79 Å². The molecule has 3 rings (SSSR count).